The molecule has 0 aliphatic rings. The molecule has 14 rings (SSSR count). The summed E-state index contributed by atoms with van der Waals surface area (Å²) >= 11 is 0. The second kappa shape index (κ2) is 18.1. The standard InChI is InChI=1S/C74H60N4/c1-73(2,3)49-37-41-51(42-38-49)75(53-21-19-23-55(45-53)77-67-33-15-11-29-61(67)62-30-12-16-34-68(62)77)71-47-65-58-26-8-10-28-60(58)72(48-66(65)57-25-7-9-27-59(57)71)76(52-43-39-50(40-44-52)74(4,5)6)54-22-20-24-56(46-54)78-69-35-17-13-31-63(69)64-32-14-18-36-70(64)78/h7-48H,1-6H3. The van der Waals surface area contributed by atoms with Crippen molar-refractivity contribution in [2.24, 2.45) is 0 Å². The van der Waals surface area contributed by atoms with Gasteiger partial charge in [-0.15, -0.1) is 0 Å². The fraction of sp³-hybridized carbons (Fsp3) is 0.108. The van der Waals surface area contributed by atoms with Gasteiger partial charge < -0.3 is 18.9 Å². The summed E-state index contributed by atoms with van der Waals surface area (Å²) in [6.07, 6.45) is 0. The van der Waals surface area contributed by atoms with E-state index in [1.807, 2.05) is 0 Å². The summed E-state index contributed by atoms with van der Waals surface area (Å²) in [6.45, 7) is 13.7. The summed E-state index contributed by atoms with van der Waals surface area (Å²) < 4.78 is 4.84. The Morgan fingerprint density at radius 1 is 0.244 bits per heavy atom. The van der Waals surface area contributed by atoms with E-state index in [-0.39, 0.29) is 10.8 Å². The predicted molar refractivity (Wildman–Crippen MR) is 334 cm³/mol. The Bertz CT molecular complexity index is 4230. The molecule has 78 heavy (non-hydrogen) atoms. The molecule has 2 heterocycles. The SMILES string of the molecule is CC(C)(C)c1ccc(N(c2cccc(-n3c4ccccc4c4ccccc43)c2)c2cc3c4ccccc4c(N(c4ccc(C(C)(C)C)cc4)c4cccc(-n5c6ccccc6c6ccccc65)c4)cc3c3ccccc23)cc1. The van der Waals surface area contributed by atoms with Gasteiger partial charge in [0.2, 0.25) is 0 Å². The molecule has 0 bridgehead atoms. The van der Waals surface area contributed by atoms with Crippen LogP contribution in [0.2, 0.25) is 0 Å². The highest BCUT2D eigenvalue weighted by Crippen LogP contribution is 2.49. The van der Waals surface area contributed by atoms with Crippen molar-refractivity contribution in [1.29, 1.82) is 0 Å². The normalized spacial score (nSPS) is 12.2. The number of anilines is 6. The first kappa shape index (κ1) is 47.1. The molecular formula is C74H60N4. The third kappa shape index (κ3) is 7.73. The molecule has 0 atom stereocenters. The number of nitrogens with zero attached hydrogens (tertiary/aromatic N) is 4. The quantitative estimate of drug-likeness (QED) is 0.141. The van der Waals surface area contributed by atoms with Crippen LogP contribution in [0.5, 0.6) is 0 Å². The Hall–Kier alpha value is -9.38. The number of benzene rings is 12. The molecule has 14 aromatic rings. The molecule has 4 heteroatoms. The Morgan fingerprint density at radius 2 is 0.538 bits per heavy atom. The lowest BCUT2D eigenvalue weighted by Crippen LogP contribution is -2.14. The van der Waals surface area contributed by atoms with Crippen molar-refractivity contribution in [3.63, 3.8) is 0 Å². The maximum atomic E-state index is 2.48. The van der Waals surface area contributed by atoms with Crippen molar-refractivity contribution < 1.29 is 0 Å². The van der Waals surface area contributed by atoms with E-state index in [1.54, 1.807) is 0 Å². The first-order chi connectivity index (χ1) is 38.0. The molecule has 0 unspecified atom stereocenters. The molecule has 0 radical (unpaired) electrons. The van der Waals surface area contributed by atoms with Gasteiger partial charge in [-0.1, -0.05) is 199 Å². The van der Waals surface area contributed by atoms with Crippen LogP contribution in [-0.2, 0) is 10.8 Å². The van der Waals surface area contributed by atoms with Crippen LogP contribution in [0, 0.1) is 0 Å². The van der Waals surface area contributed by atoms with Crippen LogP contribution in [0.15, 0.2) is 255 Å². The van der Waals surface area contributed by atoms with E-state index in [4.69, 9.17) is 0 Å². The van der Waals surface area contributed by atoms with Gasteiger partial charge in [-0.3, -0.25) is 0 Å². The van der Waals surface area contributed by atoms with Crippen LogP contribution in [0.3, 0.4) is 0 Å². The minimum atomic E-state index is 0.000936. The van der Waals surface area contributed by atoms with E-state index >= 15 is 0 Å². The van der Waals surface area contributed by atoms with Gasteiger partial charge in [0.15, 0.2) is 0 Å². The van der Waals surface area contributed by atoms with Crippen LogP contribution in [-0.4, -0.2) is 9.13 Å². The van der Waals surface area contributed by atoms with Gasteiger partial charge in [-0.2, -0.15) is 0 Å². The van der Waals surface area contributed by atoms with Crippen LogP contribution >= 0.6 is 0 Å². The van der Waals surface area contributed by atoms with Crippen molar-refractivity contribution in [3.05, 3.63) is 266 Å². The second-order valence-corrected chi connectivity index (χ2v) is 23.0. The monoisotopic (exact) mass is 1000 g/mol. The first-order valence-corrected chi connectivity index (χ1v) is 27.3. The molecule has 2 aromatic heterocycles. The number of hydrogen-bond acceptors (Lipinski definition) is 2. The molecular weight excluding hydrogens is 945 g/mol. The van der Waals surface area contributed by atoms with Gasteiger partial charge >= 0.3 is 0 Å². The Balaban J connectivity index is 1.01. The number of rotatable bonds is 8. The molecule has 0 amide bonds. The molecule has 0 N–H and O–H groups in total. The number of aromatic nitrogens is 2. The lowest BCUT2D eigenvalue weighted by molar-refractivity contribution is 0.590. The lowest BCUT2D eigenvalue weighted by atomic mass is 9.87. The minimum absolute atomic E-state index is 0.000936. The van der Waals surface area contributed by atoms with Gasteiger partial charge in [-0.25, -0.2) is 0 Å². The predicted octanol–water partition coefficient (Wildman–Crippen LogP) is 20.9. The summed E-state index contributed by atoms with van der Waals surface area (Å²) in [5, 5.41) is 12.1. The smallest absolute Gasteiger partial charge is 0.0546 e. The van der Waals surface area contributed by atoms with Gasteiger partial charge in [0, 0.05) is 66.4 Å². The van der Waals surface area contributed by atoms with Crippen molar-refractivity contribution in [3.8, 4) is 11.4 Å². The van der Waals surface area contributed by atoms with Gasteiger partial charge in [0.25, 0.3) is 0 Å². The highest BCUT2D eigenvalue weighted by molar-refractivity contribution is 6.25. The van der Waals surface area contributed by atoms with Crippen LogP contribution in [0.1, 0.15) is 52.7 Å². The summed E-state index contributed by atoms with van der Waals surface area (Å²) in [7, 11) is 0. The van der Waals surface area contributed by atoms with Crippen LogP contribution < -0.4 is 9.80 Å². The average Bonchev–Trinajstić information content (AvgIpc) is 4.03. The van der Waals surface area contributed by atoms with Gasteiger partial charge in [0.1, 0.15) is 0 Å². The summed E-state index contributed by atoms with van der Waals surface area (Å²) in [6, 6.07) is 94.7. The largest absolute Gasteiger partial charge is 0.310 e. The highest BCUT2D eigenvalue weighted by Gasteiger charge is 2.25. The third-order valence-corrected chi connectivity index (χ3v) is 16.2. The summed E-state index contributed by atoms with van der Waals surface area (Å²) in [4.78, 5) is 4.97. The molecule has 0 aliphatic heterocycles. The first-order valence-electron chi connectivity index (χ1n) is 27.3. The molecule has 0 saturated heterocycles. The van der Waals surface area contributed by atoms with Crippen molar-refractivity contribution >= 4 is 110 Å². The van der Waals surface area contributed by atoms with Gasteiger partial charge in [0.05, 0.1) is 33.4 Å². The number of fused-ring (bicyclic) bond motifs is 11. The highest BCUT2D eigenvalue weighted by atomic mass is 15.2. The maximum absolute atomic E-state index is 2.48. The average molecular weight is 1010 g/mol. The van der Waals surface area contributed by atoms with Crippen molar-refractivity contribution in [2.75, 3.05) is 9.80 Å². The number of para-hydroxylation sites is 4. The van der Waals surface area contributed by atoms with E-state index < -0.39 is 0 Å². The fourth-order valence-electron chi connectivity index (χ4n) is 12.3. The van der Waals surface area contributed by atoms with Crippen molar-refractivity contribution in [2.45, 2.75) is 52.4 Å². The van der Waals surface area contributed by atoms with E-state index in [1.165, 1.54) is 87.1 Å². The van der Waals surface area contributed by atoms with E-state index in [0.717, 1.165) is 45.5 Å². The minimum Gasteiger partial charge on any atom is -0.310 e. The zero-order valence-corrected chi connectivity index (χ0v) is 45.0. The van der Waals surface area contributed by atoms with E-state index in [9.17, 15) is 0 Å². The van der Waals surface area contributed by atoms with E-state index in [2.05, 4.69) is 315 Å². The molecule has 0 spiro atoms. The Labute approximate surface area is 456 Å². The van der Waals surface area contributed by atoms with Crippen molar-refractivity contribution in [1.82, 2.24) is 9.13 Å². The summed E-state index contributed by atoms with van der Waals surface area (Å²) in [5.74, 6) is 0. The lowest BCUT2D eigenvalue weighted by Gasteiger charge is -2.31. The molecule has 4 nitrogen and oxygen atoms in total. The molecule has 12 aromatic carbocycles. The topological polar surface area (TPSA) is 16.3 Å². The maximum Gasteiger partial charge on any atom is 0.0546 e. The second-order valence-electron chi connectivity index (χ2n) is 23.0. The van der Waals surface area contributed by atoms with E-state index in [0.29, 0.717) is 0 Å². The van der Waals surface area contributed by atoms with Crippen LogP contribution in [0.25, 0.3) is 87.3 Å². The molecule has 0 fully saturated rings. The zero-order chi connectivity index (χ0) is 52.9. The molecule has 0 aliphatic carbocycles. The zero-order valence-electron chi connectivity index (χ0n) is 45.0. The van der Waals surface area contributed by atoms with Crippen LogP contribution in [0.4, 0.5) is 34.1 Å². The molecule has 0 saturated carbocycles. The third-order valence-electron chi connectivity index (χ3n) is 16.2. The molecule has 376 valence electrons. The summed E-state index contributed by atoms with van der Waals surface area (Å²) in [5.41, 5.74) is 16.2. The Kier molecular flexibility index (Phi) is 11.0. The fourth-order valence-corrected chi connectivity index (χ4v) is 12.3. The van der Waals surface area contributed by atoms with Gasteiger partial charge in [-0.05, 0) is 141 Å². The number of hydrogen-bond donors (Lipinski definition) is 0. The Morgan fingerprint density at radius 3 is 0.859 bits per heavy atom.